The summed E-state index contributed by atoms with van der Waals surface area (Å²) in [5.41, 5.74) is 6.12. The lowest BCUT2D eigenvalue weighted by atomic mass is 10.1. The number of hydrogen-bond acceptors (Lipinski definition) is 2. The van der Waals surface area contributed by atoms with Gasteiger partial charge in [0.2, 0.25) is 0 Å². The molecule has 0 fully saturated rings. The van der Waals surface area contributed by atoms with Crippen LogP contribution in [0.3, 0.4) is 0 Å². The average molecular weight is 244 g/mol. The van der Waals surface area contributed by atoms with Crippen LogP contribution in [0.25, 0.3) is 0 Å². The molecule has 0 bridgehead atoms. The van der Waals surface area contributed by atoms with Crippen LogP contribution in [0, 0.1) is 0 Å². The number of benzene rings is 1. The van der Waals surface area contributed by atoms with Crippen molar-refractivity contribution in [3.8, 4) is 5.75 Å². The second-order valence-corrected chi connectivity index (χ2v) is 5.15. The highest BCUT2D eigenvalue weighted by Crippen LogP contribution is 2.33. The van der Waals surface area contributed by atoms with E-state index in [2.05, 4.69) is 12.0 Å². The number of unbranched alkanes of at least 4 members (excludes halogenated alkanes) is 1. The Balaban J connectivity index is 2.78. The van der Waals surface area contributed by atoms with Crippen LogP contribution in [-0.2, 0) is 11.0 Å². The number of anilines is 1. The lowest BCUT2D eigenvalue weighted by Crippen LogP contribution is -2.04. The Morgan fingerprint density at radius 1 is 1.50 bits per heavy atom. The standard InChI is InChI=1S/C10H17N2O3P/c1-2-3-4-8-5-6-9(7-10(8)13)12-16(11,14)15/h5-7,13H,2-4H2,1H3,(H4,11,12,14,15). The van der Waals surface area contributed by atoms with Gasteiger partial charge in [0.05, 0.1) is 0 Å². The summed E-state index contributed by atoms with van der Waals surface area (Å²) in [6, 6.07) is 4.75. The molecule has 5 nitrogen and oxygen atoms in total. The number of aromatic hydroxyl groups is 1. The molecule has 16 heavy (non-hydrogen) atoms. The Morgan fingerprint density at radius 3 is 2.69 bits per heavy atom. The second kappa shape index (κ2) is 5.34. The minimum Gasteiger partial charge on any atom is -0.508 e. The summed E-state index contributed by atoms with van der Waals surface area (Å²) in [6.07, 6.45) is 2.84. The van der Waals surface area contributed by atoms with E-state index in [1.807, 2.05) is 0 Å². The van der Waals surface area contributed by atoms with E-state index < -0.39 is 7.67 Å². The van der Waals surface area contributed by atoms with Gasteiger partial charge in [0, 0.05) is 11.8 Å². The van der Waals surface area contributed by atoms with Crippen LogP contribution < -0.4 is 10.6 Å². The highest BCUT2D eigenvalue weighted by Gasteiger charge is 2.11. The van der Waals surface area contributed by atoms with E-state index in [9.17, 15) is 9.67 Å². The lowest BCUT2D eigenvalue weighted by molar-refractivity contribution is 0.467. The van der Waals surface area contributed by atoms with Crippen LogP contribution in [0.15, 0.2) is 18.2 Å². The first kappa shape index (κ1) is 13.0. The molecule has 0 radical (unpaired) electrons. The fourth-order valence-electron chi connectivity index (χ4n) is 1.40. The Labute approximate surface area is 94.9 Å². The van der Waals surface area contributed by atoms with Crippen LogP contribution in [-0.4, -0.2) is 10.00 Å². The van der Waals surface area contributed by atoms with Crippen molar-refractivity contribution in [3.63, 3.8) is 0 Å². The molecule has 0 aliphatic carbocycles. The van der Waals surface area contributed by atoms with Crippen molar-refractivity contribution in [2.24, 2.45) is 5.50 Å². The highest BCUT2D eigenvalue weighted by atomic mass is 31.2. The maximum atomic E-state index is 10.9. The number of nitrogens with two attached hydrogens (primary N) is 1. The third kappa shape index (κ3) is 4.23. The van der Waals surface area contributed by atoms with Gasteiger partial charge in [-0.1, -0.05) is 19.4 Å². The Kier molecular flexibility index (Phi) is 4.35. The van der Waals surface area contributed by atoms with E-state index in [0.29, 0.717) is 5.69 Å². The van der Waals surface area contributed by atoms with E-state index in [4.69, 9.17) is 10.4 Å². The number of nitrogens with one attached hydrogen (secondary N) is 1. The van der Waals surface area contributed by atoms with E-state index in [1.165, 1.54) is 6.07 Å². The van der Waals surface area contributed by atoms with Crippen molar-refractivity contribution in [1.82, 2.24) is 0 Å². The molecule has 1 rings (SSSR count). The van der Waals surface area contributed by atoms with Gasteiger partial charge < -0.3 is 15.1 Å². The van der Waals surface area contributed by atoms with Gasteiger partial charge in [-0.3, -0.25) is 0 Å². The van der Waals surface area contributed by atoms with Crippen molar-refractivity contribution in [2.75, 3.05) is 5.09 Å². The van der Waals surface area contributed by atoms with E-state index in [1.54, 1.807) is 12.1 Å². The van der Waals surface area contributed by atoms with Crippen LogP contribution >= 0.6 is 7.67 Å². The molecule has 0 saturated carbocycles. The molecule has 0 aliphatic heterocycles. The summed E-state index contributed by atoms with van der Waals surface area (Å²) in [4.78, 5) is 8.91. The van der Waals surface area contributed by atoms with Gasteiger partial charge in [0.1, 0.15) is 5.75 Å². The van der Waals surface area contributed by atoms with Crippen LogP contribution in [0.4, 0.5) is 5.69 Å². The first-order chi connectivity index (χ1) is 7.42. The summed E-state index contributed by atoms with van der Waals surface area (Å²) in [5, 5.41) is 11.9. The molecule has 0 spiro atoms. The molecular weight excluding hydrogens is 227 g/mol. The van der Waals surface area contributed by atoms with Crippen molar-refractivity contribution in [2.45, 2.75) is 26.2 Å². The Morgan fingerprint density at radius 2 is 2.19 bits per heavy atom. The predicted octanol–water partition coefficient (Wildman–Crippen LogP) is 2.21. The molecule has 5 N–H and O–H groups in total. The summed E-state index contributed by atoms with van der Waals surface area (Å²) in [6.45, 7) is 2.07. The number of rotatable bonds is 5. The molecule has 90 valence electrons. The van der Waals surface area contributed by atoms with Gasteiger partial charge in [-0.05, 0) is 24.5 Å². The number of phenolic OH excluding ortho intramolecular Hbond substituents is 1. The molecule has 1 aromatic rings. The van der Waals surface area contributed by atoms with Gasteiger partial charge in [-0.25, -0.2) is 10.1 Å². The first-order valence-electron chi connectivity index (χ1n) is 5.14. The lowest BCUT2D eigenvalue weighted by Gasteiger charge is -2.11. The molecule has 1 aromatic carbocycles. The molecule has 0 amide bonds. The SMILES string of the molecule is CCCCc1ccc(NP(N)(=O)O)cc1O. The average Bonchev–Trinajstić information content (AvgIpc) is 2.14. The molecule has 1 atom stereocenters. The smallest absolute Gasteiger partial charge is 0.360 e. The number of aryl methyl sites for hydroxylation is 1. The van der Waals surface area contributed by atoms with Crippen molar-refractivity contribution < 1.29 is 14.6 Å². The van der Waals surface area contributed by atoms with E-state index in [-0.39, 0.29) is 5.75 Å². The summed E-state index contributed by atoms with van der Waals surface area (Å²) >= 11 is 0. The Hall–Kier alpha value is -1.03. The largest absolute Gasteiger partial charge is 0.508 e. The number of phenols is 1. The fourth-order valence-corrected chi connectivity index (χ4v) is 1.91. The first-order valence-corrected chi connectivity index (χ1v) is 6.87. The van der Waals surface area contributed by atoms with Gasteiger partial charge in [0.15, 0.2) is 0 Å². The van der Waals surface area contributed by atoms with Crippen LogP contribution in [0.2, 0.25) is 0 Å². The maximum Gasteiger partial charge on any atom is 0.360 e. The van der Waals surface area contributed by atoms with Gasteiger partial charge in [0.25, 0.3) is 0 Å². The summed E-state index contributed by atoms with van der Waals surface area (Å²) in [5.74, 6) is 0.118. The van der Waals surface area contributed by atoms with Crippen LogP contribution in [0.1, 0.15) is 25.3 Å². The highest BCUT2D eigenvalue weighted by molar-refractivity contribution is 7.57. The topological polar surface area (TPSA) is 95.6 Å². The zero-order valence-corrected chi connectivity index (χ0v) is 10.1. The quantitative estimate of drug-likeness (QED) is 0.595. The van der Waals surface area contributed by atoms with Gasteiger partial charge in [-0.2, -0.15) is 0 Å². The molecule has 0 aliphatic rings. The molecular formula is C10H17N2O3P. The summed E-state index contributed by atoms with van der Waals surface area (Å²) in [7, 11) is -3.80. The van der Waals surface area contributed by atoms with E-state index in [0.717, 1.165) is 24.8 Å². The van der Waals surface area contributed by atoms with Crippen molar-refractivity contribution in [1.29, 1.82) is 0 Å². The monoisotopic (exact) mass is 244 g/mol. The second-order valence-electron chi connectivity index (χ2n) is 3.68. The van der Waals surface area contributed by atoms with E-state index >= 15 is 0 Å². The molecule has 0 saturated heterocycles. The third-order valence-corrected chi connectivity index (χ3v) is 2.75. The molecule has 1 unspecified atom stereocenters. The van der Waals surface area contributed by atoms with Crippen molar-refractivity contribution >= 4 is 13.4 Å². The summed E-state index contributed by atoms with van der Waals surface area (Å²) < 4.78 is 10.9. The predicted molar refractivity (Wildman–Crippen MR) is 64.4 cm³/mol. The molecule has 0 heterocycles. The van der Waals surface area contributed by atoms with Gasteiger partial charge in [-0.15, -0.1) is 0 Å². The zero-order valence-electron chi connectivity index (χ0n) is 9.18. The maximum absolute atomic E-state index is 10.9. The number of hydrogen-bond donors (Lipinski definition) is 4. The third-order valence-electron chi connectivity index (χ3n) is 2.17. The van der Waals surface area contributed by atoms with Crippen molar-refractivity contribution in [3.05, 3.63) is 23.8 Å². The minimum absolute atomic E-state index is 0.118. The minimum atomic E-state index is -3.80. The Bertz CT molecular complexity index is 403. The fraction of sp³-hybridized carbons (Fsp3) is 0.400. The van der Waals surface area contributed by atoms with Crippen LogP contribution in [0.5, 0.6) is 5.75 Å². The molecule has 6 heteroatoms. The van der Waals surface area contributed by atoms with Gasteiger partial charge >= 0.3 is 7.67 Å². The normalized spacial score (nSPS) is 14.4. The zero-order chi connectivity index (χ0) is 12.2. The molecule has 0 aromatic heterocycles.